The van der Waals surface area contributed by atoms with Crippen molar-refractivity contribution in [3.05, 3.63) is 0 Å². The molecule has 0 aromatic heterocycles. The smallest absolute Gasteiger partial charge is 0.309 e. The maximum atomic E-state index is 10.7. The maximum Gasteiger partial charge on any atom is 0.309 e. The summed E-state index contributed by atoms with van der Waals surface area (Å²) >= 11 is 0. The summed E-state index contributed by atoms with van der Waals surface area (Å²) in [5.74, 6) is -0.591. The fourth-order valence-electron chi connectivity index (χ4n) is 2.27. The van der Waals surface area contributed by atoms with Crippen molar-refractivity contribution in [3.63, 3.8) is 0 Å². The topological polar surface area (TPSA) is 37.3 Å². The van der Waals surface area contributed by atoms with E-state index in [0.717, 1.165) is 19.3 Å². The van der Waals surface area contributed by atoms with Crippen LogP contribution in [0.3, 0.4) is 0 Å². The molecular formula is C8H12O2. The predicted molar refractivity (Wildman–Crippen MR) is 36.6 cm³/mol. The summed E-state index contributed by atoms with van der Waals surface area (Å²) in [5.41, 5.74) is -0.0932. The molecule has 2 nitrogen and oxygen atoms in total. The minimum atomic E-state index is -0.591. The Morgan fingerprint density at radius 3 is 2.20 bits per heavy atom. The molecule has 10 heavy (non-hydrogen) atoms. The highest BCUT2D eigenvalue weighted by molar-refractivity contribution is 5.79. The van der Waals surface area contributed by atoms with Crippen molar-refractivity contribution in [1.29, 1.82) is 0 Å². The van der Waals surface area contributed by atoms with Gasteiger partial charge in [0.05, 0.1) is 5.41 Å². The number of carboxylic acids is 1. The van der Waals surface area contributed by atoms with Crippen LogP contribution >= 0.6 is 0 Å². The first-order valence-electron chi connectivity index (χ1n) is 3.84. The third-order valence-electron chi connectivity index (χ3n) is 3.52. The normalized spacial score (nSPS) is 40.9. The Morgan fingerprint density at radius 2 is 2.10 bits per heavy atom. The molecule has 0 aliphatic heterocycles. The molecule has 2 rings (SSSR count). The summed E-state index contributed by atoms with van der Waals surface area (Å²) in [4.78, 5) is 10.7. The van der Waals surface area contributed by atoms with Gasteiger partial charge >= 0.3 is 5.97 Å². The largest absolute Gasteiger partial charge is 0.481 e. The Balaban J connectivity index is 2.16. The Kier molecular flexibility index (Phi) is 0.859. The van der Waals surface area contributed by atoms with Crippen molar-refractivity contribution >= 4 is 5.97 Å². The monoisotopic (exact) mass is 140 g/mol. The van der Waals surface area contributed by atoms with E-state index < -0.39 is 5.97 Å². The van der Waals surface area contributed by atoms with Crippen LogP contribution in [-0.4, -0.2) is 11.1 Å². The fraction of sp³-hybridized carbons (Fsp3) is 0.875. The summed E-state index contributed by atoms with van der Waals surface area (Å²) in [6.45, 7) is 1.88. The van der Waals surface area contributed by atoms with Gasteiger partial charge in [-0.3, -0.25) is 4.79 Å². The number of aliphatic carboxylic acids is 1. The zero-order valence-electron chi connectivity index (χ0n) is 6.18. The third kappa shape index (κ3) is 0.446. The molecule has 0 saturated heterocycles. The third-order valence-corrected chi connectivity index (χ3v) is 3.52. The number of hydrogen-bond donors (Lipinski definition) is 1. The second-order valence-electron chi connectivity index (χ2n) is 3.95. The second-order valence-corrected chi connectivity index (χ2v) is 3.95. The van der Waals surface area contributed by atoms with Crippen molar-refractivity contribution in [3.8, 4) is 0 Å². The quantitative estimate of drug-likeness (QED) is 0.601. The molecule has 0 aromatic carbocycles. The van der Waals surface area contributed by atoms with E-state index in [9.17, 15) is 4.79 Å². The molecule has 1 N–H and O–H groups in total. The highest BCUT2D eigenvalue weighted by atomic mass is 16.4. The summed E-state index contributed by atoms with van der Waals surface area (Å²) < 4.78 is 0. The molecule has 0 bridgehead atoms. The van der Waals surface area contributed by atoms with Gasteiger partial charge in [0.25, 0.3) is 0 Å². The zero-order chi connectivity index (χ0) is 7.41. The summed E-state index contributed by atoms with van der Waals surface area (Å²) in [7, 11) is 0. The average molecular weight is 140 g/mol. The molecule has 2 fully saturated rings. The lowest BCUT2D eigenvalue weighted by Crippen LogP contribution is -2.25. The average Bonchev–Trinajstić information content (AvgIpc) is 2.37. The highest BCUT2D eigenvalue weighted by Gasteiger charge is 2.70. The molecule has 0 aromatic rings. The van der Waals surface area contributed by atoms with Gasteiger partial charge in [-0.25, -0.2) is 0 Å². The molecule has 0 heterocycles. The predicted octanol–water partition coefficient (Wildman–Crippen LogP) is 1.65. The van der Waals surface area contributed by atoms with Crippen LogP contribution in [0.1, 0.15) is 32.6 Å². The molecule has 56 valence electrons. The molecule has 1 spiro atoms. The van der Waals surface area contributed by atoms with Gasteiger partial charge in [-0.2, -0.15) is 0 Å². The molecule has 0 radical (unpaired) electrons. The van der Waals surface area contributed by atoms with E-state index >= 15 is 0 Å². The lowest BCUT2D eigenvalue weighted by Gasteiger charge is -2.28. The summed E-state index contributed by atoms with van der Waals surface area (Å²) in [6, 6.07) is 0. The number of carbonyl (C=O) groups is 1. The minimum Gasteiger partial charge on any atom is -0.481 e. The van der Waals surface area contributed by atoms with Crippen LogP contribution in [0.5, 0.6) is 0 Å². The van der Waals surface area contributed by atoms with E-state index in [1.54, 1.807) is 0 Å². The van der Waals surface area contributed by atoms with Gasteiger partial charge in [0.2, 0.25) is 0 Å². The van der Waals surface area contributed by atoms with Crippen molar-refractivity contribution in [2.45, 2.75) is 32.6 Å². The molecule has 2 saturated carbocycles. The van der Waals surface area contributed by atoms with E-state index in [0.29, 0.717) is 0 Å². The number of carboxylic acid groups (broad SMARTS) is 1. The highest BCUT2D eigenvalue weighted by Crippen LogP contribution is 2.73. The fourth-order valence-corrected chi connectivity index (χ4v) is 2.27. The number of rotatable bonds is 1. The maximum absolute atomic E-state index is 10.7. The lowest BCUT2D eigenvalue weighted by molar-refractivity contribution is -0.145. The molecule has 1 unspecified atom stereocenters. The van der Waals surface area contributed by atoms with E-state index in [4.69, 9.17) is 5.11 Å². The first kappa shape index (κ1) is 6.20. The van der Waals surface area contributed by atoms with Crippen molar-refractivity contribution in [2.75, 3.05) is 0 Å². The van der Waals surface area contributed by atoms with E-state index in [2.05, 4.69) is 0 Å². The Hall–Kier alpha value is -0.530. The van der Waals surface area contributed by atoms with Gasteiger partial charge in [-0.15, -0.1) is 0 Å². The van der Waals surface area contributed by atoms with Gasteiger partial charge in [0.15, 0.2) is 0 Å². The van der Waals surface area contributed by atoms with Gasteiger partial charge in [0, 0.05) is 0 Å². The van der Waals surface area contributed by atoms with E-state index in [1.807, 2.05) is 6.92 Å². The van der Waals surface area contributed by atoms with Gasteiger partial charge in [-0.05, 0) is 31.6 Å². The second kappa shape index (κ2) is 1.39. The zero-order valence-corrected chi connectivity index (χ0v) is 6.18. The molecule has 1 atom stereocenters. The van der Waals surface area contributed by atoms with Crippen molar-refractivity contribution in [1.82, 2.24) is 0 Å². The van der Waals surface area contributed by atoms with Crippen LogP contribution in [0.25, 0.3) is 0 Å². The van der Waals surface area contributed by atoms with Crippen LogP contribution in [0.4, 0.5) is 0 Å². The molecule has 0 amide bonds. The first-order chi connectivity index (χ1) is 4.61. The lowest BCUT2D eigenvalue weighted by atomic mass is 9.76. The van der Waals surface area contributed by atoms with Crippen molar-refractivity contribution < 1.29 is 9.90 Å². The minimum absolute atomic E-state index is 0.249. The summed E-state index contributed by atoms with van der Waals surface area (Å²) in [5, 5.41) is 8.81. The Labute approximate surface area is 60.2 Å². The van der Waals surface area contributed by atoms with Gasteiger partial charge in [-0.1, -0.05) is 6.42 Å². The molecule has 2 aliphatic rings. The van der Waals surface area contributed by atoms with Gasteiger partial charge in [0.1, 0.15) is 0 Å². The molecule has 2 aliphatic carbocycles. The van der Waals surface area contributed by atoms with Crippen LogP contribution in [-0.2, 0) is 4.79 Å². The Morgan fingerprint density at radius 1 is 1.50 bits per heavy atom. The van der Waals surface area contributed by atoms with Crippen LogP contribution in [0.15, 0.2) is 0 Å². The van der Waals surface area contributed by atoms with E-state index in [1.165, 1.54) is 6.42 Å². The SMILES string of the molecule is CC1(C(=O)O)CC12CCC2. The first-order valence-corrected chi connectivity index (χ1v) is 3.84. The van der Waals surface area contributed by atoms with Crippen molar-refractivity contribution in [2.24, 2.45) is 10.8 Å². The van der Waals surface area contributed by atoms with E-state index in [-0.39, 0.29) is 10.8 Å². The number of hydrogen-bond acceptors (Lipinski definition) is 1. The molecule has 2 heteroatoms. The summed E-state index contributed by atoms with van der Waals surface area (Å²) in [6.07, 6.45) is 4.46. The van der Waals surface area contributed by atoms with Crippen LogP contribution in [0, 0.1) is 10.8 Å². The standard InChI is InChI=1S/C8H12O2/c1-7(6(9)10)5-8(7)3-2-4-8/h2-5H2,1H3,(H,9,10). The molecular weight excluding hydrogens is 128 g/mol. The van der Waals surface area contributed by atoms with Gasteiger partial charge < -0.3 is 5.11 Å². The van der Waals surface area contributed by atoms with Crippen LogP contribution < -0.4 is 0 Å². The Bertz CT molecular complexity index is 193. The van der Waals surface area contributed by atoms with Crippen LogP contribution in [0.2, 0.25) is 0 Å².